The van der Waals surface area contributed by atoms with E-state index < -0.39 is 0 Å². The molecule has 4 nitrogen and oxygen atoms in total. The molecule has 0 saturated heterocycles. The van der Waals surface area contributed by atoms with Gasteiger partial charge >= 0.3 is 5.00 Å². The quantitative estimate of drug-likeness (QED) is 0.634. The molecule has 1 saturated carbocycles. The van der Waals surface area contributed by atoms with Gasteiger partial charge in [0.05, 0.1) is 4.92 Å². The Morgan fingerprint density at radius 3 is 3.00 bits per heavy atom. The Hall–Kier alpha value is -1.20. The zero-order valence-electron chi connectivity index (χ0n) is 9.10. The lowest BCUT2D eigenvalue weighted by Crippen LogP contribution is -2.18. The van der Waals surface area contributed by atoms with Gasteiger partial charge in [0.1, 0.15) is 0 Å². The molecule has 5 heteroatoms. The van der Waals surface area contributed by atoms with Gasteiger partial charge in [-0.25, -0.2) is 0 Å². The van der Waals surface area contributed by atoms with E-state index in [1.54, 1.807) is 12.1 Å². The van der Waals surface area contributed by atoms with Gasteiger partial charge in [0.25, 0.3) is 0 Å². The fourth-order valence-corrected chi connectivity index (χ4v) is 2.25. The lowest BCUT2D eigenvalue weighted by molar-refractivity contribution is -0.380. The molecule has 86 valence electrons. The molecule has 0 atom stereocenters. The molecule has 1 aromatic rings. The molecular formula is C11H14N2O2S. The lowest BCUT2D eigenvalue weighted by atomic mass is 10.2. The summed E-state index contributed by atoms with van der Waals surface area (Å²) in [6, 6.07) is 4.04. The summed E-state index contributed by atoms with van der Waals surface area (Å²) < 4.78 is 0. The minimum absolute atomic E-state index is 0.203. The van der Waals surface area contributed by atoms with Crippen LogP contribution in [0.2, 0.25) is 0 Å². The Kier molecular flexibility index (Phi) is 3.36. The van der Waals surface area contributed by atoms with Gasteiger partial charge in [0.15, 0.2) is 0 Å². The zero-order chi connectivity index (χ0) is 11.5. The van der Waals surface area contributed by atoms with Crippen LogP contribution in [-0.4, -0.2) is 17.5 Å². The van der Waals surface area contributed by atoms with Gasteiger partial charge in [-0.1, -0.05) is 16.9 Å². The van der Waals surface area contributed by atoms with Crippen LogP contribution < -0.4 is 5.32 Å². The second kappa shape index (κ2) is 4.76. The van der Waals surface area contributed by atoms with Crippen molar-refractivity contribution < 1.29 is 4.92 Å². The number of nitrogens with one attached hydrogen (secondary N) is 1. The highest BCUT2D eigenvalue weighted by Crippen LogP contribution is 2.26. The maximum atomic E-state index is 10.5. The minimum Gasteiger partial charge on any atom is -0.310 e. The van der Waals surface area contributed by atoms with Gasteiger partial charge in [-0.05, 0) is 31.9 Å². The second-order valence-corrected chi connectivity index (χ2v) is 5.17. The highest BCUT2D eigenvalue weighted by atomic mass is 32.1. The SMILES string of the molecule is C/C(=C/c1ccc([N+](=O)[O-])s1)CNC1CC1. The molecule has 1 heterocycles. The van der Waals surface area contributed by atoms with E-state index in [9.17, 15) is 10.1 Å². The van der Waals surface area contributed by atoms with Crippen LogP contribution in [0.5, 0.6) is 0 Å². The van der Waals surface area contributed by atoms with Gasteiger partial charge < -0.3 is 5.32 Å². The van der Waals surface area contributed by atoms with E-state index in [0.717, 1.165) is 11.4 Å². The Morgan fingerprint density at radius 2 is 2.44 bits per heavy atom. The fraction of sp³-hybridized carbons (Fsp3) is 0.455. The fourth-order valence-electron chi connectivity index (χ4n) is 1.40. The van der Waals surface area contributed by atoms with Crippen molar-refractivity contribution in [3.05, 3.63) is 32.7 Å². The maximum absolute atomic E-state index is 10.5. The van der Waals surface area contributed by atoms with Crippen LogP contribution in [0.25, 0.3) is 6.08 Å². The standard InChI is InChI=1S/C11H14N2O2S/c1-8(7-12-9-2-3-9)6-10-4-5-11(16-10)13(14)15/h4-6,9,12H,2-3,7H2,1H3/b8-6-. The van der Waals surface area contributed by atoms with Crippen molar-refractivity contribution in [1.82, 2.24) is 5.32 Å². The largest absolute Gasteiger partial charge is 0.324 e. The average Bonchev–Trinajstić information content (AvgIpc) is 2.95. The predicted octanol–water partition coefficient (Wildman–Crippen LogP) is 2.81. The van der Waals surface area contributed by atoms with E-state index in [1.807, 2.05) is 13.0 Å². The first-order valence-corrected chi connectivity index (χ1v) is 6.11. The van der Waals surface area contributed by atoms with Crippen molar-refractivity contribution in [3.8, 4) is 0 Å². The van der Waals surface area contributed by atoms with Crippen LogP contribution in [0.1, 0.15) is 24.6 Å². The Bertz CT molecular complexity index is 421. The third-order valence-corrected chi connectivity index (χ3v) is 3.41. The van der Waals surface area contributed by atoms with Crippen LogP contribution in [0, 0.1) is 10.1 Å². The predicted molar refractivity (Wildman–Crippen MR) is 65.6 cm³/mol. The van der Waals surface area contributed by atoms with Crippen molar-refractivity contribution in [2.24, 2.45) is 0 Å². The molecular weight excluding hydrogens is 224 g/mol. The highest BCUT2D eigenvalue weighted by molar-refractivity contribution is 7.16. The van der Waals surface area contributed by atoms with Crippen molar-refractivity contribution in [2.45, 2.75) is 25.8 Å². The Balaban J connectivity index is 1.94. The van der Waals surface area contributed by atoms with Crippen molar-refractivity contribution in [3.63, 3.8) is 0 Å². The summed E-state index contributed by atoms with van der Waals surface area (Å²) in [5.41, 5.74) is 1.21. The first-order valence-electron chi connectivity index (χ1n) is 5.30. The molecule has 1 aromatic heterocycles. The third-order valence-electron chi connectivity index (χ3n) is 2.43. The smallest absolute Gasteiger partial charge is 0.310 e. The Labute approximate surface area is 98.1 Å². The van der Waals surface area contributed by atoms with Crippen molar-refractivity contribution in [2.75, 3.05) is 6.54 Å². The molecule has 0 radical (unpaired) electrons. The molecule has 2 rings (SSSR count). The first kappa shape index (κ1) is 11.3. The summed E-state index contributed by atoms with van der Waals surface area (Å²) in [7, 11) is 0. The van der Waals surface area contributed by atoms with Gasteiger partial charge in [-0.15, -0.1) is 0 Å². The molecule has 0 amide bonds. The molecule has 0 aliphatic heterocycles. The minimum atomic E-state index is -0.347. The molecule has 0 bridgehead atoms. The van der Waals surface area contributed by atoms with E-state index in [1.165, 1.54) is 29.8 Å². The third kappa shape index (κ3) is 3.15. The van der Waals surface area contributed by atoms with E-state index in [0.29, 0.717) is 6.04 Å². The van der Waals surface area contributed by atoms with Gasteiger partial charge in [-0.3, -0.25) is 10.1 Å². The summed E-state index contributed by atoms with van der Waals surface area (Å²) in [5.74, 6) is 0. The second-order valence-electron chi connectivity index (χ2n) is 4.08. The number of hydrogen-bond acceptors (Lipinski definition) is 4. The van der Waals surface area contributed by atoms with E-state index in [4.69, 9.17) is 0 Å². The van der Waals surface area contributed by atoms with Crippen molar-refractivity contribution in [1.29, 1.82) is 0 Å². The van der Waals surface area contributed by atoms with Crippen molar-refractivity contribution >= 4 is 22.4 Å². The molecule has 0 spiro atoms. The number of rotatable bonds is 5. The van der Waals surface area contributed by atoms with Gasteiger partial charge in [0, 0.05) is 23.5 Å². The summed E-state index contributed by atoms with van der Waals surface area (Å²) in [6.45, 7) is 2.91. The summed E-state index contributed by atoms with van der Waals surface area (Å²) in [4.78, 5) is 11.1. The summed E-state index contributed by atoms with van der Waals surface area (Å²) >= 11 is 1.22. The number of hydrogen-bond donors (Lipinski definition) is 1. The Morgan fingerprint density at radius 1 is 1.69 bits per heavy atom. The molecule has 1 fully saturated rings. The monoisotopic (exact) mass is 238 g/mol. The first-order chi connectivity index (χ1) is 7.65. The van der Waals surface area contributed by atoms with Crippen LogP contribution in [-0.2, 0) is 0 Å². The molecule has 0 unspecified atom stereocenters. The normalized spacial score (nSPS) is 16.4. The summed E-state index contributed by atoms with van der Waals surface area (Å²) in [6.07, 6.45) is 4.56. The molecule has 0 aromatic carbocycles. The van der Waals surface area contributed by atoms with Crippen LogP contribution in [0.4, 0.5) is 5.00 Å². The number of nitrogens with zero attached hydrogens (tertiary/aromatic N) is 1. The van der Waals surface area contributed by atoms with Crippen LogP contribution in [0.3, 0.4) is 0 Å². The number of thiophene rings is 1. The van der Waals surface area contributed by atoms with E-state index in [2.05, 4.69) is 5.32 Å². The average molecular weight is 238 g/mol. The molecule has 1 aliphatic carbocycles. The zero-order valence-corrected chi connectivity index (χ0v) is 9.92. The maximum Gasteiger partial charge on any atom is 0.324 e. The highest BCUT2D eigenvalue weighted by Gasteiger charge is 2.19. The molecule has 16 heavy (non-hydrogen) atoms. The topological polar surface area (TPSA) is 55.2 Å². The van der Waals surface area contributed by atoms with Crippen LogP contribution >= 0.6 is 11.3 Å². The molecule has 1 aliphatic rings. The molecule has 1 N–H and O–H groups in total. The van der Waals surface area contributed by atoms with E-state index in [-0.39, 0.29) is 9.92 Å². The van der Waals surface area contributed by atoms with E-state index >= 15 is 0 Å². The van der Waals surface area contributed by atoms with Crippen LogP contribution in [0.15, 0.2) is 17.7 Å². The lowest BCUT2D eigenvalue weighted by Gasteiger charge is -2.01. The van der Waals surface area contributed by atoms with Gasteiger partial charge in [-0.2, -0.15) is 0 Å². The van der Waals surface area contributed by atoms with Gasteiger partial charge in [0.2, 0.25) is 0 Å². The number of nitro groups is 1. The summed E-state index contributed by atoms with van der Waals surface area (Å²) in [5, 5.41) is 14.1.